The van der Waals surface area contributed by atoms with Gasteiger partial charge in [0.1, 0.15) is 11.3 Å². The van der Waals surface area contributed by atoms with Gasteiger partial charge in [-0.1, -0.05) is 0 Å². The van der Waals surface area contributed by atoms with E-state index < -0.39 is 0 Å². The Kier molecular flexibility index (Phi) is 3.03. The molecule has 1 saturated carbocycles. The minimum absolute atomic E-state index is 0.673. The molecule has 1 aliphatic carbocycles. The first-order chi connectivity index (χ1) is 12.2. The van der Waals surface area contributed by atoms with Crippen LogP contribution < -0.4 is 5.32 Å². The molecular weight excluding hydrogens is 314 g/mol. The van der Waals surface area contributed by atoms with Crippen LogP contribution in [0.2, 0.25) is 0 Å². The Balaban J connectivity index is 1.54. The standard InChI is InChI=1S/C18H19N7/c1-11-21-15-6-5-14(22-17(15)24(11)2)13-7-8-25-16(13)10-20-18(23-25)19-9-12-3-4-12/h5-8,10,12H,3-4,9H2,1-2H3,(H,19,23). The first kappa shape index (κ1) is 14.4. The number of anilines is 1. The average Bonchev–Trinajstić information content (AvgIpc) is 3.30. The van der Waals surface area contributed by atoms with Crippen molar-refractivity contribution in [2.75, 3.05) is 11.9 Å². The number of nitrogens with zero attached hydrogens (tertiary/aromatic N) is 6. The number of fused-ring (bicyclic) bond motifs is 2. The highest BCUT2D eigenvalue weighted by molar-refractivity contribution is 5.82. The van der Waals surface area contributed by atoms with Gasteiger partial charge in [-0.15, -0.1) is 5.10 Å². The number of pyridine rings is 1. The monoisotopic (exact) mass is 333 g/mol. The van der Waals surface area contributed by atoms with Crippen LogP contribution in [0.3, 0.4) is 0 Å². The molecule has 1 aliphatic rings. The summed E-state index contributed by atoms with van der Waals surface area (Å²) in [6.07, 6.45) is 6.43. The third-order valence-corrected chi connectivity index (χ3v) is 4.88. The molecule has 0 atom stereocenters. The van der Waals surface area contributed by atoms with Crippen LogP contribution in [0.1, 0.15) is 18.7 Å². The van der Waals surface area contributed by atoms with E-state index in [9.17, 15) is 0 Å². The summed E-state index contributed by atoms with van der Waals surface area (Å²) in [7, 11) is 1.99. The summed E-state index contributed by atoms with van der Waals surface area (Å²) in [5.41, 5.74) is 4.67. The second-order valence-electron chi connectivity index (χ2n) is 6.72. The zero-order valence-corrected chi connectivity index (χ0v) is 14.3. The van der Waals surface area contributed by atoms with Crippen molar-refractivity contribution in [1.82, 2.24) is 29.1 Å². The Hall–Kier alpha value is -2.96. The maximum atomic E-state index is 4.79. The van der Waals surface area contributed by atoms with Gasteiger partial charge in [0.15, 0.2) is 5.65 Å². The molecule has 0 radical (unpaired) electrons. The largest absolute Gasteiger partial charge is 0.353 e. The molecule has 1 fully saturated rings. The van der Waals surface area contributed by atoms with E-state index in [1.54, 1.807) is 0 Å². The molecule has 0 aromatic carbocycles. The lowest BCUT2D eigenvalue weighted by atomic mass is 10.2. The smallest absolute Gasteiger partial charge is 0.241 e. The van der Waals surface area contributed by atoms with Crippen molar-refractivity contribution in [3.63, 3.8) is 0 Å². The molecule has 7 nitrogen and oxygen atoms in total. The number of rotatable bonds is 4. The summed E-state index contributed by atoms with van der Waals surface area (Å²) >= 11 is 0. The molecule has 4 aromatic rings. The van der Waals surface area contributed by atoms with E-state index in [0.717, 1.165) is 46.2 Å². The zero-order valence-electron chi connectivity index (χ0n) is 14.3. The van der Waals surface area contributed by atoms with Crippen molar-refractivity contribution in [2.45, 2.75) is 19.8 Å². The van der Waals surface area contributed by atoms with Gasteiger partial charge in [0.2, 0.25) is 5.95 Å². The van der Waals surface area contributed by atoms with E-state index in [2.05, 4.69) is 20.4 Å². The number of aromatic nitrogens is 6. The van der Waals surface area contributed by atoms with Crippen LogP contribution in [-0.2, 0) is 7.05 Å². The summed E-state index contributed by atoms with van der Waals surface area (Å²) in [4.78, 5) is 13.8. The molecule has 5 rings (SSSR count). The first-order valence-electron chi connectivity index (χ1n) is 8.58. The highest BCUT2D eigenvalue weighted by Gasteiger charge is 2.21. The maximum absolute atomic E-state index is 4.79. The molecule has 0 bridgehead atoms. The van der Waals surface area contributed by atoms with E-state index in [1.165, 1.54) is 12.8 Å². The first-order valence-corrected chi connectivity index (χ1v) is 8.58. The Morgan fingerprint density at radius 3 is 2.92 bits per heavy atom. The van der Waals surface area contributed by atoms with Crippen LogP contribution >= 0.6 is 0 Å². The Morgan fingerprint density at radius 1 is 1.20 bits per heavy atom. The third-order valence-electron chi connectivity index (χ3n) is 4.88. The molecule has 0 aliphatic heterocycles. The molecule has 0 unspecified atom stereocenters. The van der Waals surface area contributed by atoms with Gasteiger partial charge in [0.25, 0.3) is 0 Å². The van der Waals surface area contributed by atoms with Crippen molar-refractivity contribution in [3.05, 3.63) is 36.4 Å². The minimum Gasteiger partial charge on any atom is -0.353 e. The Bertz CT molecular complexity index is 1090. The third kappa shape index (κ3) is 2.43. The minimum atomic E-state index is 0.673. The van der Waals surface area contributed by atoms with Crippen molar-refractivity contribution >= 4 is 22.6 Å². The normalized spacial score (nSPS) is 14.5. The topological polar surface area (TPSA) is 72.9 Å². The van der Waals surface area contributed by atoms with E-state index in [-0.39, 0.29) is 0 Å². The van der Waals surface area contributed by atoms with Gasteiger partial charge in [-0.3, -0.25) is 0 Å². The highest BCUT2D eigenvalue weighted by Crippen LogP contribution is 2.29. The fourth-order valence-corrected chi connectivity index (χ4v) is 3.08. The van der Waals surface area contributed by atoms with Crippen molar-refractivity contribution in [3.8, 4) is 11.3 Å². The number of hydrogen-bond acceptors (Lipinski definition) is 5. The summed E-state index contributed by atoms with van der Waals surface area (Å²) in [5, 5.41) is 7.87. The van der Waals surface area contributed by atoms with Gasteiger partial charge in [-0.25, -0.2) is 19.5 Å². The molecule has 4 heterocycles. The SMILES string of the molecule is Cc1nc2ccc(-c3ccn4nc(NCC5CC5)ncc34)nc2n1C. The maximum Gasteiger partial charge on any atom is 0.241 e. The van der Waals surface area contributed by atoms with Crippen molar-refractivity contribution < 1.29 is 0 Å². The van der Waals surface area contributed by atoms with E-state index >= 15 is 0 Å². The Labute approximate surface area is 144 Å². The van der Waals surface area contributed by atoms with Gasteiger partial charge in [-0.2, -0.15) is 0 Å². The number of aryl methyl sites for hydroxylation is 2. The van der Waals surface area contributed by atoms with Crippen LogP contribution in [0.5, 0.6) is 0 Å². The fraction of sp³-hybridized carbons (Fsp3) is 0.333. The second kappa shape index (κ2) is 5.27. The van der Waals surface area contributed by atoms with E-state index in [4.69, 9.17) is 4.98 Å². The van der Waals surface area contributed by atoms with Gasteiger partial charge in [-0.05, 0) is 43.9 Å². The molecular formula is C18H19N7. The number of hydrogen-bond donors (Lipinski definition) is 1. The lowest BCUT2D eigenvalue weighted by Gasteiger charge is -2.05. The summed E-state index contributed by atoms with van der Waals surface area (Å²) in [6, 6.07) is 6.05. The zero-order chi connectivity index (χ0) is 17.0. The lowest BCUT2D eigenvalue weighted by molar-refractivity contribution is 0.842. The van der Waals surface area contributed by atoms with Crippen molar-refractivity contribution in [1.29, 1.82) is 0 Å². The predicted octanol–water partition coefficient (Wildman–Crippen LogP) is 2.81. The molecule has 0 spiro atoms. The van der Waals surface area contributed by atoms with Gasteiger partial charge in [0, 0.05) is 25.4 Å². The fourth-order valence-electron chi connectivity index (χ4n) is 3.08. The van der Waals surface area contributed by atoms with E-state index in [1.807, 2.05) is 53.6 Å². The number of nitrogens with one attached hydrogen (secondary N) is 1. The molecule has 25 heavy (non-hydrogen) atoms. The van der Waals surface area contributed by atoms with Crippen LogP contribution in [0.15, 0.2) is 30.6 Å². The highest BCUT2D eigenvalue weighted by atomic mass is 15.3. The van der Waals surface area contributed by atoms with Gasteiger partial charge >= 0.3 is 0 Å². The molecule has 1 N–H and O–H groups in total. The molecule has 4 aromatic heterocycles. The Morgan fingerprint density at radius 2 is 2.08 bits per heavy atom. The van der Waals surface area contributed by atoms with Crippen molar-refractivity contribution in [2.24, 2.45) is 13.0 Å². The molecule has 7 heteroatoms. The quantitative estimate of drug-likeness (QED) is 0.622. The van der Waals surface area contributed by atoms with Crippen LogP contribution in [0.4, 0.5) is 5.95 Å². The summed E-state index contributed by atoms with van der Waals surface area (Å²) in [5.74, 6) is 2.42. The molecule has 0 amide bonds. The molecule has 126 valence electrons. The average molecular weight is 333 g/mol. The molecule has 0 saturated heterocycles. The van der Waals surface area contributed by atoms with E-state index in [0.29, 0.717) is 5.95 Å². The second-order valence-corrected chi connectivity index (χ2v) is 6.72. The predicted molar refractivity (Wildman–Crippen MR) is 96.4 cm³/mol. The van der Waals surface area contributed by atoms with Gasteiger partial charge in [0.05, 0.1) is 17.4 Å². The van der Waals surface area contributed by atoms with Gasteiger partial charge < -0.3 is 9.88 Å². The van der Waals surface area contributed by atoms with Crippen LogP contribution in [0.25, 0.3) is 27.9 Å². The summed E-state index contributed by atoms with van der Waals surface area (Å²) in [6.45, 7) is 2.94. The summed E-state index contributed by atoms with van der Waals surface area (Å²) < 4.78 is 3.87. The number of imidazole rings is 1. The van der Waals surface area contributed by atoms with Crippen LogP contribution in [-0.4, -0.2) is 35.7 Å². The lowest BCUT2D eigenvalue weighted by Crippen LogP contribution is -2.08. The van der Waals surface area contributed by atoms with Crippen LogP contribution in [0, 0.1) is 12.8 Å².